The van der Waals surface area contributed by atoms with E-state index in [1.165, 1.54) is 71.7 Å². The van der Waals surface area contributed by atoms with Crippen molar-refractivity contribution in [2.45, 2.75) is 5.41 Å². The van der Waals surface area contributed by atoms with Crippen molar-refractivity contribution in [3.8, 4) is 39.1 Å². The number of anilines is 3. The fourth-order valence-corrected chi connectivity index (χ4v) is 12.3. The summed E-state index contributed by atoms with van der Waals surface area (Å²) in [4.78, 5) is 2.53. The van der Waals surface area contributed by atoms with Crippen LogP contribution in [0.25, 0.3) is 93.6 Å². The molecule has 3 nitrogen and oxygen atoms in total. The van der Waals surface area contributed by atoms with E-state index in [1.54, 1.807) is 0 Å². The first-order chi connectivity index (χ1) is 33.8. The minimum atomic E-state index is -0.483. The lowest BCUT2D eigenvalue weighted by Crippen LogP contribution is -2.26. The fraction of sp³-hybridized carbons (Fsp3) is 0.0154. The molecule has 15 rings (SSSR count). The summed E-state index contributed by atoms with van der Waals surface area (Å²) in [5.41, 5.74) is 20.7. The van der Waals surface area contributed by atoms with Gasteiger partial charge in [-0.05, 0) is 111 Å². The van der Waals surface area contributed by atoms with Crippen molar-refractivity contribution in [2.24, 2.45) is 0 Å². The van der Waals surface area contributed by atoms with E-state index in [9.17, 15) is 0 Å². The summed E-state index contributed by atoms with van der Waals surface area (Å²) in [6.45, 7) is 0. The van der Waals surface area contributed by atoms with Crippen LogP contribution in [0.4, 0.5) is 17.1 Å². The molecule has 0 fully saturated rings. The maximum Gasteiger partial charge on any atom is 0.143 e. The first-order valence-corrected chi connectivity index (χ1v) is 23.5. The Morgan fingerprint density at radius 3 is 1.69 bits per heavy atom. The van der Waals surface area contributed by atoms with E-state index >= 15 is 0 Å². The van der Waals surface area contributed by atoms with Crippen molar-refractivity contribution < 1.29 is 4.42 Å². The molecule has 2 heterocycles. The van der Waals surface area contributed by atoms with E-state index in [1.807, 2.05) is 0 Å². The van der Waals surface area contributed by atoms with Gasteiger partial charge in [0.15, 0.2) is 0 Å². The number of nitrogens with zero attached hydrogens (tertiary/aromatic N) is 2. The van der Waals surface area contributed by atoms with Crippen LogP contribution >= 0.6 is 0 Å². The van der Waals surface area contributed by atoms with Crippen LogP contribution < -0.4 is 4.90 Å². The van der Waals surface area contributed by atoms with Gasteiger partial charge < -0.3 is 13.9 Å². The average molecular weight is 865 g/mol. The second-order valence-corrected chi connectivity index (χ2v) is 18.3. The molecule has 2 aliphatic carbocycles. The summed E-state index contributed by atoms with van der Waals surface area (Å²) in [6.07, 6.45) is 0. The zero-order chi connectivity index (χ0) is 44.5. The van der Waals surface area contributed by atoms with Crippen LogP contribution in [0.1, 0.15) is 22.3 Å². The van der Waals surface area contributed by atoms with E-state index in [-0.39, 0.29) is 0 Å². The van der Waals surface area contributed by atoms with Gasteiger partial charge in [-0.1, -0.05) is 182 Å². The highest BCUT2D eigenvalue weighted by Gasteiger charge is 2.52. The van der Waals surface area contributed by atoms with E-state index < -0.39 is 5.41 Å². The second kappa shape index (κ2) is 14.0. The van der Waals surface area contributed by atoms with Gasteiger partial charge >= 0.3 is 0 Å². The molecule has 0 N–H and O–H groups in total. The highest BCUT2D eigenvalue weighted by Crippen LogP contribution is 2.65. The molecule has 11 aromatic carbocycles. The Balaban J connectivity index is 1.01. The van der Waals surface area contributed by atoms with Crippen LogP contribution in [0.2, 0.25) is 0 Å². The second-order valence-electron chi connectivity index (χ2n) is 18.3. The van der Waals surface area contributed by atoms with E-state index in [0.29, 0.717) is 0 Å². The molecule has 13 aromatic rings. The topological polar surface area (TPSA) is 21.3 Å². The van der Waals surface area contributed by atoms with Crippen LogP contribution in [0, 0.1) is 0 Å². The minimum Gasteiger partial charge on any atom is -0.455 e. The Morgan fingerprint density at radius 2 is 0.941 bits per heavy atom. The Labute approximate surface area is 393 Å². The average Bonchev–Trinajstić information content (AvgIpc) is 4.13. The van der Waals surface area contributed by atoms with Gasteiger partial charge in [0, 0.05) is 49.4 Å². The van der Waals surface area contributed by atoms with Crippen molar-refractivity contribution in [1.82, 2.24) is 4.57 Å². The fourth-order valence-electron chi connectivity index (χ4n) is 12.3. The molecule has 2 aliphatic rings. The third-order valence-corrected chi connectivity index (χ3v) is 15.0. The number of rotatable bonds is 5. The Hall–Kier alpha value is -8.92. The normalized spacial score (nSPS) is 13.1. The Bertz CT molecular complexity index is 4140. The van der Waals surface area contributed by atoms with E-state index in [2.05, 4.69) is 252 Å². The molecular weight excluding hydrogens is 825 g/mol. The Morgan fingerprint density at radius 1 is 0.368 bits per heavy atom. The van der Waals surface area contributed by atoms with Crippen LogP contribution in [0.5, 0.6) is 0 Å². The lowest BCUT2D eigenvalue weighted by Gasteiger charge is -2.32. The first kappa shape index (κ1) is 37.3. The van der Waals surface area contributed by atoms with Crippen molar-refractivity contribution in [3.63, 3.8) is 0 Å². The van der Waals surface area contributed by atoms with Crippen LogP contribution in [0.3, 0.4) is 0 Å². The lowest BCUT2D eigenvalue weighted by molar-refractivity contribution is 0.672. The molecule has 0 unspecified atom stereocenters. The lowest BCUT2D eigenvalue weighted by atomic mass is 9.70. The number of benzene rings is 11. The van der Waals surface area contributed by atoms with Crippen LogP contribution in [-0.4, -0.2) is 4.57 Å². The van der Waals surface area contributed by atoms with Gasteiger partial charge in [-0.25, -0.2) is 0 Å². The van der Waals surface area contributed by atoms with Gasteiger partial charge in [-0.15, -0.1) is 0 Å². The number of furan rings is 1. The Kier molecular flexibility index (Phi) is 7.71. The van der Waals surface area contributed by atoms with Crippen molar-refractivity contribution in [2.75, 3.05) is 4.90 Å². The first-order valence-electron chi connectivity index (χ1n) is 23.5. The maximum absolute atomic E-state index is 6.65. The molecule has 2 aromatic heterocycles. The van der Waals surface area contributed by atoms with Gasteiger partial charge in [0.05, 0.1) is 27.8 Å². The SMILES string of the molecule is c1cc(N(c2ccccc2-c2ccc3oc4c5ccccc5ccc4c3c2)c2cccc3c2-c2ccccc2C32c3ccccc3-c3ccccc32)cc(-n2c3ccccc3c3ccccc32)c1. The molecule has 0 saturated carbocycles. The van der Waals surface area contributed by atoms with E-state index in [0.717, 1.165) is 61.2 Å². The maximum atomic E-state index is 6.65. The summed E-state index contributed by atoms with van der Waals surface area (Å²) in [6, 6.07) is 89.5. The van der Waals surface area contributed by atoms with Gasteiger partial charge in [0.2, 0.25) is 0 Å². The molecule has 0 atom stereocenters. The number of hydrogen-bond acceptors (Lipinski definition) is 2. The third kappa shape index (κ3) is 4.97. The molecule has 0 radical (unpaired) electrons. The summed E-state index contributed by atoms with van der Waals surface area (Å²) in [5, 5.41) is 7.01. The highest BCUT2D eigenvalue weighted by atomic mass is 16.3. The number of para-hydroxylation sites is 3. The van der Waals surface area contributed by atoms with Crippen LogP contribution in [0.15, 0.2) is 247 Å². The predicted octanol–water partition coefficient (Wildman–Crippen LogP) is 17.3. The van der Waals surface area contributed by atoms with E-state index in [4.69, 9.17) is 4.42 Å². The molecule has 3 heteroatoms. The number of aromatic nitrogens is 1. The third-order valence-electron chi connectivity index (χ3n) is 15.0. The molecule has 0 aliphatic heterocycles. The number of hydrogen-bond donors (Lipinski definition) is 0. The van der Waals surface area contributed by atoms with Crippen molar-refractivity contribution in [1.29, 1.82) is 0 Å². The summed E-state index contributed by atoms with van der Waals surface area (Å²) in [5.74, 6) is 0. The molecule has 316 valence electrons. The van der Waals surface area contributed by atoms with Gasteiger partial charge in [0.1, 0.15) is 11.2 Å². The minimum absolute atomic E-state index is 0.483. The standard InChI is InChI=1S/C65H40N2O/c1-2-21-46-41(17-1)35-37-51-53-39-42(36-38-62(53)68-64(46)51)45-20-6-12-31-58(45)67(44-19-15-18-43(40-44)66-59-32-13-7-24-49(59)50-25-8-14-33-60(50)66)61-34-16-30-57-63(61)52-26-5-11-29-56(52)65(57)54-27-9-3-22-47(54)48-23-4-10-28-55(48)65/h1-40H. The summed E-state index contributed by atoms with van der Waals surface area (Å²) in [7, 11) is 0. The summed E-state index contributed by atoms with van der Waals surface area (Å²) >= 11 is 0. The molecular formula is C65H40N2O. The molecule has 0 bridgehead atoms. The monoisotopic (exact) mass is 864 g/mol. The molecule has 68 heavy (non-hydrogen) atoms. The molecule has 0 saturated heterocycles. The smallest absolute Gasteiger partial charge is 0.143 e. The van der Waals surface area contributed by atoms with Gasteiger partial charge in [-0.3, -0.25) is 0 Å². The zero-order valence-corrected chi connectivity index (χ0v) is 36.9. The largest absolute Gasteiger partial charge is 0.455 e. The van der Waals surface area contributed by atoms with Gasteiger partial charge in [0.25, 0.3) is 0 Å². The van der Waals surface area contributed by atoms with Crippen LogP contribution in [-0.2, 0) is 5.41 Å². The summed E-state index contributed by atoms with van der Waals surface area (Å²) < 4.78 is 9.07. The predicted molar refractivity (Wildman–Crippen MR) is 282 cm³/mol. The quantitative estimate of drug-likeness (QED) is 0.172. The van der Waals surface area contributed by atoms with Crippen molar-refractivity contribution in [3.05, 3.63) is 265 Å². The molecule has 1 spiro atoms. The molecule has 0 amide bonds. The zero-order valence-electron chi connectivity index (χ0n) is 36.9. The highest BCUT2D eigenvalue weighted by molar-refractivity contribution is 6.16. The van der Waals surface area contributed by atoms with Gasteiger partial charge in [-0.2, -0.15) is 0 Å². The van der Waals surface area contributed by atoms with Crippen molar-refractivity contribution >= 4 is 71.6 Å². The number of fused-ring (bicyclic) bond motifs is 18.